The molecule has 0 spiro atoms. The van der Waals surface area contributed by atoms with Gasteiger partial charge in [-0.15, -0.1) is 0 Å². The quantitative estimate of drug-likeness (QED) is 0.601. The Morgan fingerprint density at radius 1 is 1.15 bits per heavy atom. The van der Waals surface area contributed by atoms with E-state index >= 15 is 0 Å². The first kappa shape index (κ1) is 9.06. The molecule has 0 unspecified atom stereocenters. The fourth-order valence-corrected chi connectivity index (χ4v) is 1.91. The maximum atomic E-state index is 2.42. The van der Waals surface area contributed by atoms with E-state index in [0.717, 1.165) is 6.54 Å². The molecule has 2 aromatic rings. The molecule has 0 bridgehead atoms. The van der Waals surface area contributed by atoms with Crippen LogP contribution in [-0.4, -0.2) is 8.99 Å². The van der Waals surface area contributed by atoms with Crippen molar-refractivity contribution in [3.63, 3.8) is 0 Å². The maximum absolute atomic E-state index is 2.42. The van der Waals surface area contributed by atoms with Gasteiger partial charge in [0.1, 0.15) is 0 Å². The van der Waals surface area contributed by atoms with E-state index in [0.29, 0.717) is 0 Å². The first-order chi connectivity index (χ1) is 6.42. The van der Waals surface area contributed by atoms with Crippen LogP contribution in [0.3, 0.4) is 0 Å². The fourth-order valence-electron chi connectivity index (χ4n) is 1.57. The summed E-state index contributed by atoms with van der Waals surface area (Å²) in [5, 5.41) is 1.34. The van der Waals surface area contributed by atoms with Crippen LogP contribution in [0.1, 0.15) is 6.42 Å². The number of alkyl halides is 1. The van der Waals surface area contributed by atoms with Crippen molar-refractivity contribution in [1.82, 2.24) is 4.57 Å². The van der Waals surface area contributed by atoms with Crippen LogP contribution in [-0.2, 0) is 6.54 Å². The lowest BCUT2D eigenvalue weighted by Crippen LogP contribution is -1.95. The van der Waals surface area contributed by atoms with Gasteiger partial charge in [0.2, 0.25) is 0 Å². The molecule has 0 radical (unpaired) electrons. The summed E-state index contributed by atoms with van der Waals surface area (Å²) in [6.45, 7) is 1.14. The first-order valence-electron chi connectivity index (χ1n) is 4.51. The Bertz CT molecular complexity index is 392. The number of nitrogens with zero attached hydrogens (tertiary/aromatic N) is 1. The van der Waals surface area contributed by atoms with Gasteiger partial charge in [-0.1, -0.05) is 40.8 Å². The molecule has 0 atom stereocenters. The Balaban J connectivity index is 2.35. The predicted molar refractivity (Wildman–Crippen MR) is 65.4 cm³/mol. The van der Waals surface area contributed by atoms with Crippen molar-refractivity contribution >= 4 is 33.5 Å². The number of aromatic nitrogens is 1. The highest BCUT2D eigenvalue weighted by Crippen LogP contribution is 2.15. The van der Waals surface area contributed by atoms with Gasteiger partial charge in [0.05, 0.1) is 0 Å². The number of aryl methyl sites for hydroxylation is 1. The van der Waals surface area contributed by atoms with Gasteiger partial charge in [-0.3, -0.25) is 0 Å². The third-order valence-corrected chi connectivity index (χ3v) is 2.98. The second-order valence-corrected chi connectivity index (χ2v) is 4.19. The number of rotatable bonds is 3. The molecular formula is C11H12IN. The van der Waals surface area contributed by atoms with Crippen LogP contribution >= 0.6 is 22.6 Å². The Hall–Kier alpha value is -0.510. The minimum absolute atomic E-state index is 1.14. The molecule has 2 heteroatoms. The normalized spacial score (nSPS) is 10.8. The van der Waals surface area contributed by atoms with Gasteiger partial charge in [0.15, 0.2) is 0 Å². The second-order valence-electron chi connectivity index (χ2n) is 3.11. The smallest absolute Gasteiger partial charge is 0.0480 e. The molecule has 0 aliphatic heterocycles. The Morgan fingerprint density at radius 2 is 2.00 bits per heavy atom. The second kappa shape index (κ2) is 4.13. The van der Waals surface area contributed by atoms with Gasteiger partial charge < -0.3 is 4.57 Å². The van der Waals surface area contributed by atoms with Gasteiger partial charge in [-0.25, -0.2) is 0 Å². The zero-order chi connectivity index (χ0) is 9.10. The van der Waals surface area contributed by atoms with E-state index in [1.165, 1.54) is 21.8 Å². The Morgan fingerprint density at radius 3 is 2.85 bits per heavy atom. The highest BCUT2D eigenvalue weighted by atomic mass is 127. The average molecular weight is 285 g/mol. The lowest BCUT2D eigenvalue weighted by molar-refractivity contribution is 0.714. The number of halogens is 1. The van der Waals surface area contributed by atoms with Crippen molar-refractivity contribution in [1.29, 1.82) is 0 Å². The standard InChI is InChI=1S/C11H12IN/c12-7-3-8-13-9-6-10-4-1-2-5-11(10)13/h1-2,4-6,9H,3,7-8H2. The zero-order valence-corrected chi connectivity index (χ0v) is 9.57. The molecule has 0 amide bonds. The number of fused-ring (bicyclic) bond motifs is 1. The molecule has 1 nitrogen and oxygen atoms in total. The number of para-hydroxylation sites is 1. The van der Waals surface area contributed by atoms with Gasteiger partial charge in [-0.2, -0.15) is 0 Å². The van der Waals surface area contributed by atoms with Crippen molar-refractivity contribution < 1.29 is 0 Å². The van der Waals surface area contributed by atoms with E-state index < -0.39 is 0 Å². The molecule has 0 saturated heterocycles. The first-order valence-corrected chi connectivity index (χ1v) is 6.04. The number of benzene rings is 1. The lowest BCUT2D eigenvalue weighted by atomic mass is 10.2. The van der Waals surface area contributed by atoms with E-state index in [1.807, 2.05) is 0 Å². The molecule has 68 valence electrons. The summed E-state index contributed by atoms with van der Waals surface area (Å²) in [7, 11) is 0. The molecule has 0 aliphatic carbocycles. The molecule has 0 aliphatic rings. The van der Waals surface area contributed by atoms with Crippen molar-refractivity contribution in [2.24, 2.45) is 0 Å². The van der Waals surface area contributed by atoms with Gasteiger partial charge in [0.25, 0.3) is 0 Å². The molecule has 0 fully saturated rings. The van der Waals surface area contributed by atoms with Crippen LogP contribution in [0.15, 0.2) is 36.5 Å². The van der Waals surface area contributed by atoms with Crippen LogP contribution in [0.25, 0.3) is 10.9 Å². The zero-order valence-electron chi connectivity index (χ0n) is 7.41. The van der Waals surface area contributed by atoms with Crippen LogP contribution in [0.2, 0.25) is 0 Å². The predicted octanol–water partition coefficient (Wildman–Crippen LogP) is 3.47. The van der Waals surface area contributed by atoms with E-state index in [9.17, 15) is 0 Å². The van der Waals surface area contributed by atoms with E-state index in [2.05, 4.69) is 63.7 Å². The lowest BCUT2D eigenvalue weighted by Gasteiger charge is -2.02. The topological polar surface area (TPSA) is 4.93 Å². The highest BCUT2D eigenvalue weighted by Gasteiger charge is 1.97. The summed E-state index contributed by atoms with van der Waals surface area (Å²) < 4.78 is 3.55. The molecule has 13 heavy (non-hydrogen) atoms. The average Bonchev–Trinajstić information content (AvgIpc) is 2.58. The maximum Gasteiger partial charge on any atom is 0.0480 e. The van der Waals surface area contributed by atoms with Crippen molar-refractivity contribution in [2.75, 3.05) is 4.43 Å². The molecule has 1 heterocycles. The molecule has 1 aromatic heterocycles. The van der Waals surface area contributed by atoms with E-state index in [1.54, 1.807) is 0 Å². The van der Waals surface area contributed by atoms with Crippen LogP contribution in [0, 0.1) is 0 Å². The fraction of sp³-hybridized carbons (Fsp3) is 0.273. The van der Waals surface area contributed by atoms with Crippen LogP contribution in [0.5, 0.6) is 0 Å². The highest BCUT2D eigenvalue weighted by molar-refractivity contribution is 14.1. The van der Waals surface area contributed by atoms with Crippen molar-refractivity contribution in [3.05, 3.63) is 36.5 Å². The van der Waals surface area contributed by atoms with Crippen LogP contribution in [0.4, 0.5) is 0 Å². The summed E-state index contributed by atoms with van der Waals surface area (Å²) >= 11 is 2.42. The molecule has 2 rings (SSSR count). The largest absolute Gasteiger partial charge is 0.347 e. The molecule has 1 aromatic carbocycles. The van der Waals surface area contributed by atoms with Crippen LogP contribution < -0.4 is 0 Å². The Labute approximate surface area is 91.9 Å². The minimum atomic E-state index is 1.14. The third-order valence-electron chi connectivity index (χ3n) is 2.21. The summed E-state index contributed by atoms with van der Waals surface area (Å²) in [6, 6.07) is 10.7. The SMILES string of the molecule is ICCCn1ccc2ccccc21. The molecular weight excluding hydrogens is 273 g/mol. The number of hydrogen-bond acceptors (Lipinski definition) is 0. The van der Waals surface area contributed by atoms with E-state index in [4.69, 9.17) is 0 Å². The van der Waals surface area contributed by atoms with Gasteiger partial charge in [0, 0.05) is 22.7 Å². The van der Waals surface area contributed by atoms with Gasteiger partial charge >= 0.3 is 0 Å². The van der Waals surface area contributed by atoms with E-state index in [-0.39, 0.29) is 0 Å². The molecule has 0 N–H and O–H groups in total. The van der Waals surface area contributed by atoms with Gasteiger partial charge in [-0.05, 0) is 23.9 Å². The number of hydrogen-bond donors (Lipinski definition) is 0. The minimum Gasteiger partial charge on any atom is -0.347 e. The Kier molecular flexibility index (Phi) is 2.88. The van der Waals surface area contributed by atoms with Crippen molar-refractivity contribution in [3.8, 4) is 0 Å². The summed E-state index contributed by atoms with van der Waals surface area (Å²) in [5.41, 5.74) is 1.35. The molecule has 0 saturated carbocycles. The monoisotopic (exact) mass is 285 g/mol. The summed E-state index contributed by atoms with van der Waals surface area (Å²) in [5.74, 6) is 0. The summed E-state index contributed by atoms with van der Waals surface area (Å²) in [6.07, 6.45) is 3.43. The summed E-state index contributed by atoms with van der Waals surface area (Å²) in [4.78, 5) is 0. The third kappa shape index (κ3) is 1.88. The van der Waals surface area contributed by atoms with Crippen molar-refractivity contribution in [2.45, 2.75) is 13.0 Å².